The number of carbonyl (C=O) groups excluding carboxylic acids is 2. The Morgan fingerprint density at radius 2 is 1.92 bits per heavy atom. The van der Waals surface area contributed by atoms with Gasteiger partial charge in [0.05, 0.1) is 22.2 Å². The van der Waals surface area contributed by atoms with Gasteiger partial charge in [-0.2, -0.15) is 0 Å². The Labute approximate surface area is 159 Å². The van der Waals surface area contributed by atoms with Crippen molar-refractivity contribution in [1.29, 1.82) is 0 Å². The van der Waals surface area contributed by atoms with E-state index in [1.165, 1.54) is 0 Å². The van der Waals surface area contributed by atoms with Gasteiger partial charge < -0.3 is 14.5 Å². The highest BCUT2D eigenvalue weighted by Crippen LogP contribution is 2.44. The van der Waals surface area contributed by atoms with E-state index in [2.05, 4.69) is 5.32 Å². The van der Waals surface area contributed by atoms with Gasteiger partial charge in [-0.15, -0.1) is 0 Å². The fraction of sp³-hybridized carbons (Fsp3) is 0.263. The fourth-order valence-electron chi connectivity index (χ4n) is 3.39. The number of ether oxygens (including phenoxy) is 1. The average molecular weight is 392 g/mol. The first-order chi connectivity index (χ1) is 12.3. The molecule has 0 saturated heterocycles. The normalized spacial score (nSPS) is 21.5. The van der Waals surface area contributed by atoms with Gasteiger partial charge in [0.1, 0.15) is 17.1 Å². The summed E-state index contributed by atoms with van der Waals surface area (Å²) < 4.78 is 11.4. The van der Waals surface area contributed by atoms with Gasteiger partial charge in [0.2, 0.25) is 5.91 Å². The molecule has 2 aliphatic rings. The van der Waals surface area contributed by atoms with Crippen LogP contribution in [0.5, 0.6) is 0 Å². The lowest BCUT2D eigenvalue weighted by Gasteiger charge is -2.26. The number of hydrogen-bond acceptors (Lipinski definition) is 4. The van der Waals surface area contributed by atoms with Crippen LogP contribution in [0.4, 0.5) is 0 Å². The average Bonchev–Trinajstić information content (AvgIpc) is 3.13. The maximum absolute atomic E-state index is 12.4. The molecule has 4 rings (SSSR count). The van der Waals surface area contributed by atoms with Gasteiger partial charge in [0.15, 0.2) is 0 Å². The first kappa shape index (κ1) is 17.2. The molecule has 0 saturated carbocycles. The molecule has 3 heterocycles. The zero-order valence-corrected chi connectivity index (χ0v) is 15.6. The highest BCUT2D eigenvalue weighted by molar-refractivity contribution is 6.35. The minimum Gasteiger partial charge on any atom is -0.460 e. The maximum atomic E-state index is 12.4. The molecule has 2 aromatic rings. The van der Waals surface area contributed by atoms with Crippen molar-refractivity contribution in [2.24, 2.45) is 0 Å². The topological polar surface area (TPSA) is 68.5 Å². The molecule has 0 aliphatic carbocycles. The first-order valence-corrected chi connectivity index (χ1v) is 8.85. The van der Waals surface area contributed by atoms with E-state index < -0.39 is 17.5 Å². The van der Waals surface area contributed by atoms with Crippen LogP contribution in [0.25, 0.3) is 11.3 Å². The quantitative estimate of drug-likeness (QED) is 0.767. The third-order valence-corrected chi connectivity index (χ3v) is 5.17. The number of hydrogen-bond donors (Lipinski definition) is 1. The van der Waals surface area contributed by atoms with Gasteiger partial charge in [-0.3, -0.25) is 4.79 Å². The van der Waals surface area contributed by atoms with Gasteiger partial charge in [-0.1, -0.05) is 23.2 Å². The van der Waals surface area contributed by atoms with E-state index in [-0.39, 0.29) is 12.3 Å². The van der Waals surface area contributed by atoms with Gasteiger partial charge in [-0.25, -0.2) is 4.79 Å². The molecule has 1 N–H and O–H groups in total. The third kappa shape index (κ3) is 2.72. The Morgan fingerprint density at radius 3 is 2.69 bits per heavy atom. The van der Waals surface area contributed by atoms with Crippen LogP contribution < -0.4 is 5.32 Å². The van der Waals surface area contributed by atoms with E-state index in [9.17, 15) is 9.59 Å². The number of carbonyl (C=O) groups is 2. The zero-order chi connectivity index (χ0) is 18.6. The number of furan rings is 1. The van der Waals surface area contributed by atoms with E-state index in [4.69, 9.17) is 32.4 Å². The standard InChI is InChI=1S/C19H15Cl2NO4/c1-19(2)17-16(18(24)26-19)11(8-15(23)22-17)14-6-5-13(25-14)10-7-9(20)3-4-12(10)21/h3-7,11H,8H2,1-2H3,(H,22,23). The largest absolute Gasteiger partial charge is 0.460 e. The third-order valence-electron chi connectivity index (χ3n) is 4.61. The summed E-state index contributed by atoms with van der Waals surface area (Å²) in [6, 6.07) is 8.59. The lowest BCUT2D eigenvalue weighted by molar-refractivity contribution is -0.144. The summed E-state index contributed by atoms with van der Waals surface area (Å²) in [6.07, 6.45) is 0.111. The highest BCUT2D eigenvalue weighted by Gasteiger charge is 2.48. The van der Waals surface area contributed by atoms with Crippen molar-refractivity contribution < 1.29 is 18.7 Å². The number of nitrogens with one attached hydrogen (secondary N) is 1. The molecule has 0 bridgehead atoms. The van der Waals surface area contributed by atoms with Crippen molar-refractivity contribution >= 4 is 35.1 Å². The molecule has 0 radical (unpaired) electrons. The number of rotatable bonds is 2. The predicted octanol–water partition coefficient (Wildman–Crippen LogP) is 4.45. The minimum atomic E-state index is -0.869. The molecule has 1 aromatic heterocycles. The molecule has 5 nitrogen and oxygen atoms in total. The molecule has 0 spiro atoms. The van der Waals surface area contributed by atoms with Crippen molar-refractivity contribution in [2.45, 2.75) is 31.8 Å². The number of benzene rings is 1. The van der Waals surface area contributed by atoms with Gasteiger partial charge in [0, 0.05) is 17.0 Å². The molecule has 7 heteroatoms. The second kappa shape index (κ2) is 5.89. The van der Waals surface area contributed by atoms with Gasteiger partial charge in [0.25, 0.3) is 0 Å². The van der Waals surface area contributed by atoms with Crippen LogP contribution >= 0.6 is 23.2 Å². The first-order valence-electron chi connectivity index (χ1n) is 8.09. The summed E-state index contributed by atoms with van der Waals surface area (Å²) in [5, 5.41) is 3.80. The Balaban J connectivity index is 1.78. The summed E-state index contributed by atoms with van der Waals surface area (Å²) in [7, 11) is 0. The molecule has 26 heavy (non-hydrogen) atoms. The Bertz CT molecular complexity index is 974. The summed E-state index contributed by atoms with van der Waals surface area (Å²) in [5.41, 5.74) is 0.719. The van der Waals surface area contributed by atoms with Crippen molar-refractivity contribution in [3.63, 3.8) is 0 Å². The lowest BCUT2D eigenvalue weighted by atomic mass is 9.86. The zero-order valence-electron chi connectivity index (χ0n) is 14.1. The van der Waals surface area contributed by atoms with Crippen LogP contribution in [0, 0.1) is 0 Å². The predicted molar refractivity (Wildman–Crippen MR) is 96.9 cm³/mol. The summed E-state index contributed by atoms with van der Waals surface area (Å²) in [4.78, 5) is 24.5. The second-order valence-electron chi connectivity index (χ2n) is 6.82. The molecule has 0 fully saturated rings. The van der Waals surface area contributed by atoms with Crippen LogP contribution in [0.3, 0.4) is 0 Å². The minimum absolute atomic E-state index is 0.111. The smallest absolute Gasteiger partial charge is 0.337 e. The summed E-state index contributed by atoms with van der Waals surface area (Å²) in [5.74, 6) is -0.0911. The molecule has 134 valence electrons. The number of amides is 1. The van der Waals surface area contributed by atoms with Crippen LogP contribution in [0.2, 0.25) is 10.0 Å². The molecule has 1 aromatic carbocycles. The fourth-order valence-corrected chi connectivity index (χ4v) is 3.77. The van der Waals surface area contributed by atoms with Crippen LogP contribution in [-0.2, 0) is 14.3 Å². The monoisotopic (exact) mass is 391 g/mol. The van der Waals surface area contributed by atoms with Gasteiger partial charge in [-0.05, 0) is 44.2 Å². The van der Waals surface area contributed by atoms with E-state index >= 15 is 0 Å². The maximum Gasteiger partial charge on any atom is 0.337 e. The number of esters is 1. The molecular formula is C19H15Cl2NO4. The van der Waals surface area contributed by atoms with Crippen molar-refractivity contribution in [1.82, 2.24) is 5.32 Å². The van der Waals surface area contributed by atoms with Gasteiger partial charge >= 0.3 is 5.97 Å². The van der Waals surface area contributed by atoms with Crippen molar-refractivity contribution in [3.8, 4) is 11.3 Å². The van der Waals surface area contributed by atoms with E-state index in [1.54, 1.807) is 44.2 Å². The highest BCUT2D eigenvalue weighted by atomic mass is 35.5. The molecule has 2 aliphatic heterocycles. The van der Waals surface area contributed by atoms with Crippen LogP contribution in [-0.4, -0.2) is 17.5 Å². The lowest BCUT2D eigenvalue weighted by Crippen LogP contribution is -2.38. The molecule has 1 unspecified atom stereocenters. The van der Waals surface area contributed by atoms with Crippen LogP contribution in [0.1, 0.15) is 31.9 Å². The van der Waals surface area contributed by atoms with E-state index in [0.717, 1.165) is 0 Å². The number of cyclic esters (lactones) is 1. The molecule has 1 atom stereocenters. The van der Waals surface area contributed by atoms with Crippen LogP contribution in [0.15, 0.2) is 46.0 Å². The SMILES string of the molecule is CC1(C)OC(=O)C2=C1NC(=O)CC2c1ccc(-c2cc(Cl)ccc2Cl)o1. The second-order valence-corrected chi connectivity index (χ2v) is 7.66. The van der Waals surface area contributed by atoms with E-state index in [1.807, 2.05) is 0 Å². The Kier molecular flexibility index (Phi) is 3.90. The Morgan fingerprint density at radius 1 is 1.15 bits per heavy atom. The summed E-state index contributed by atoms with van der Waals surface area (Å²) >= 11 is 12.3. The summed E-state index contributed by atoms with van der Waals surface area (Å²) in [6.45, 7) is 3.49. The molecular weight excluding hydrogens is 377 g/mol. The molecule has 1 amide bonds. The number of halogens is 2. The Hall–Kier alpha value is -2.24. The van der Waals surface area contributed by atoms with Crippen molar-refractivity contribution in [2.75, 3.05) is 0 Å². The van der Waals surface area contributed by atoms with E-state index in [0.29, 0.717) is 38.4 Å². The van der Waals surface area contributed by atoms with Crippen molar-refractivity contribution in [3.05, 3.63) is 57.4 Å².